The third-order valence-electron chi connectivity index (χ3n) is 5.24. The average Bonchev–Trinajstić information content (AvgIpc) is 2.46. The SMILES string of the molecule is C#C[C@@H](C)[C@H](O[Si](C)(C)C(C)(C)C)[C@@H](C)[C@H](O)[C@H](C)C#C[Si](C)(C)C. The highest BCUT2D eigenvalue weighted by Gasteiger charge is 2.42. The monoisotopic (exact) mass is 380 g/mol. The molecule has 0 fully saturated rings. The summed E-state index contributed by atoms with van der Waals surface area (Å²) in [6.07, 6.45) is 5.01. The Balaban J connectivity index is 5.48. The van der Waals surface area contributed by atoms with Gasteiger partial charge in [-0.2, -0.15) is 0 Å². The molecule has 0 unspecified atom stereocenters. The maximum atomic E-state index is 10.9. The van der Waals surface area contributed by atoms with Crippen LogP contribution in [0.1, 0.15) is 41.5 Å². The first-order valence-corrected chi connectivity index (χ1v) is 15.8. The van der Waals surface area contributed by atoms with Gasteiger partial charge in [0.25, 0.3) is 0 Å². The molecule has 1 N–H and O–H groups in total. The van der Waals surface area contributed by atoms with Crippen molar-refractivity contribution >= 4 is 16.4 Å². The van der Waals surface area contributed by atoms with Gasteiger partial charge in [0.1, 0.15) is 8.07 Å². The molecule has 0 aliphatic heterocycles. The third kappa shape index (κ3) is 7.71. The molecule has 0 aromatic heterocycles. The van der Waals surface area contributed by atoms with Gasteiger partial charge in [-0.05, 0) is 32.0 Å². The van der Waals surface area contributed by atoms with Crippen LogP contribution in [0.15, 0.2) is 0 Å². The molecule has 2 nitrogen and oxygen atoms in total. The fraction of sp³-hybridized carbons (Fsp3) is 0.810. The second-order valence-electron chi connectivity index (χ2n) is 9.96. The zero-order chi connectivity index (χ0) is 20.2. The molecule has 0 aliphatic rings. The Labute approximate surface area is 159 Å². The summed E-state index contributed by atoms with van der Waals surface area (Å²) in [5, 5.41) is 11.0. The Morgan fingerprint density at radius 2 is 1.44 bits per heavy atom. The largest absolute Gasteiger partial charge is 0.412 e. The van der Waals surface area contributed by atoms with E-state index in [9.17, 15) is 5.11 Å². The summed E-state index contributed by atoms with van der Waals surface area (Å²) in [6, 6.07) is 0. The molecule has 0 saturated heterocycles. The second kappa shape index (κ2) is 8.91. The Hall–Kier alpha value is -0.526. The van der Waals surface area contributed by atoms with E-state index in [1.165, 1.54) is 0 Å². The van der Waals surface area contributed by atoms with E-state index in [1.54, 1.807) is 0 Å². The Bertz CT molecular complexity index is 523. The quantitative estimate of drug-likeness (QED) is 0.509. The number of rotatable bonds is 6. The van der Waals surface area contributed by atoms with Crippen molar-refractivity contribution < 1.29 is 9.53 Å². The van der Waals surface area contributed by atoms with Crippen molar-refractivity contribution in [1.29, 1.82) is 0 Å². The third-order valence-corrected chi connectivity index (χ3v) is 10.6. The van der Waals surface area contributed by atoms with Gasteiger partial charge in [-0.1, -0.05) is 47.3 Å². The first kappa shape index (κ1) is 24.5. The van der Waals surface area contributed by atoms with E-state index in [0.717, 1.165) is 0 Å². The predicted molar refractivity (Wildman–Crippen MR) is 116 cm³/mol. The lowest BCUT2D eigenvalue weighted by Crippen LogP contribution is -2.49. The van der Waals surface area contributed by atoms with Crippen molar-refractivity contribution in [2.24, 2.45) is 17.8 Å². The minimum Gasteiger partial charge on any atom is -0.412 e. The fourth-order valence-electron chi connectivity index (χ4n) is 2.34. The van der Waals surface area contributed by atoms with Crippen LogP contribution < -0.4 is 0 Å². The molecule has 0 bridgehead atoms. The van der Waals surface area contributed by atoms with E-state index in [-0.39, 0.29) is 28.9 Å². The summed E-state index contributed by atoms with van der Waals surface area (Å²) < 4.78 is 6.63. The van der Waals surface area contributed by atoms with Gasteiger partial charge < -0.3 is 9.53 Å². The summed E-state index contributed by atoms with van der Waals surface area (Å²) in [5.41, 5.74) is 3.37. The van der Waals surface area contributed by atoms with Gasteiger partial charge in [0.2, 0.25) is 0 Å². The molecule has 0 aromatic rings. The Morgan fingerprint density at radius 3 is 1.80 bits per heavy atom. The number of aliphatic hydroxyl groups excluding tert-OH is 1. The lowest BCUT2D eigenvalue weighted by molar-refractivity contribution is -0.00167. The van der Waals surface area contributed by atoms with E-state index < -0.39 is 22.5 Å². The highest BCUT2D eigenvalue weighted by molar-refractivity contribution is 6.83. The van der Waals surface area contributed by atoms with Crippen LogP contribution in [-0.4, -0.2) is 33.7 Å². The Morgan fingerprint density at radius 1 is 0.960 bits per heavy atom. The molecular weight excluding hydrogens is 340 g/mol. The Kier molecular flexibility index (Phi) is 8.72. The molecule has 0 spiro atoms. The summed E-state index contributed by atoms with van der Waals surface area (Å²) in [4.78, 5) is 0. The van der Waals surface area contributed by atoms with Gasteiger partial charge in [0, 0.05) is 17.8 Å². The zero-order valence-electron chi connectivity index (χ0n) is 18.3. The van der Waals surface area contributed by atoms with Crippen LogP contribution in [0.2, 0.25) is 37.8 Å². The normalized spacial score (nSPS) is 19.0. The van der Waals surface area contributed by atoms with Crippen molar-refractivity contribution in [3.05, 3.63) is 0 Å². The van der Waals surface area contributed by atoms with Gasteiger partial charge in [-0.15, -0.1) is 23.8 Å². The molecule has 0 amide bonds. The molecule has 0 saturated carbocycles. The molecule has 144 valence electrons. The standard InChI is InChI=1S/C21H40O2Si2/c1-13-16(2)20(23-25(11,12)21(5,6)7)18(4)19(22)17(3)14-15-24(8,9)10/h1,16-20,22H,2-12H3/t16-,17-,18+,19-,20+/m1/s1. The predicted octanol–water partition coefficient (Wildman–Crippen LogP) is 5.16. The van der Waals surface area contributed by atoms with Crippen molar-refractivity contribution in [3.8, 4) is 23.8 Å². The van der Waals surface area contributed by atoms with E-state index >= 15 is 0 Å². The summed E-state index contributed by atoms with van der Waals surface area (Å²) in [6.45, 7) is 23.8. The summed E-state index contributed by atoms with van der Waals surface area (Å²) in [7, 11) is -3.42. The van der Waals surface area contributed by atoms with Crippen molar-refractivity contribution in [3.63, 3.8) is 0 Å². The van der Waals surface area contributed by atoms with Crippen LogP contribution in [0.4, 0.5) is 0 Å². The molecule has 0 aromatic carbocycles. The average molecular weight is 381 g/mol. The highest BCUT2D eigenvalue weighted by Crippen LogP contribution is 2.39. The van der Waals surface area contributed by atoms with Crippen LogP contribution in [0.5, 0.6) is 0 Å². The van der Waals surface area contributed by atoms with Crippen LogP contribution in [0, 0.1) is 41.6 Å². The van der Waals surface area contributed by atoms with E-state index in [2.05, 4.69) is 70.9 Å². The van der Waals surface area contributed by atoms with Crippen LogP contribution >= 0.6 is 0 Å². The van der Waals surface area contributed by atoms with Crippen LogP contribution in [0.3, 0.4) is 0 Å². The second-order valence-corrected chi connectivity index (χ2v) is 19.5. The van der Waals surface area contributed by atoms with Gasteiger partial charge in [0.15, 0.2) is 8.32 Å². The van der Waals surface area contributed by atoms with E-state index in [0.29, 0.717) is 0 Å². The molecule has 5 atom stereocenters. The van der Waals surface area contributed by atoms with Gasteiger partial charge in [-0.3, -0.25) is 0 Å². The minimum atomic E-state index is -1.97. The molecule has 25 heavy (non-hydrogen) atoms. The molecular formula is C21H40O2Si2. The summed E-state index contributed by atoms with van der Waals surface area (Å²) in [5.74, 6) is 5.91. The molecule has 0 heterocycles. The lowest BCUT2D eigenvalue weighted by Gasteiger charge is -2.43. The number of hydrogen-bond acceptors (Lipinski definition) is 2. The van der Waals surface area contributed by atoms with Crippen molar-refractivity contribution in [1.82, 2.24) is 0 Å². The van der Waals surface area contributed by atoms with Crippen LogP contribution in [0.25, 0.3) is 0 Å². The van der Waals surface area contributed by atoms with Gasteiger partial charge in [-0.25, -0.2) is 0 Å². The molecule has 4 heteroatoms. The fourth-order valence-corrected chi connectivity index (χ4v) is 4.46. The number of aliphatic hydroxyl groups is 1. The van der Waals surface area contributed by atoms with E-state index in [4.69, 9.17) is 10.8 Å². The molecule has 0 aliphatic carbocycles. The molecule has 0 rings (SSSR count). The maximum absolute atomic E-state index is 10.9. The number of terminal acetylenes is 1. The van der Waals surface area contributed by atoms with Crippen molar-refractivity contribution in [2.45, 2.75) is 91.5 Å². The topological polar surface area (TPSA) is 29.5 Å². The number of hydrogen-bond donors (Lipinski definition) is 1. The van der Waals surface area contributed by atoms with E-state index in [1.807, 2.05) is 20.8 Å². The van der Waals surface area contributed by atoms with Crippen LogP contribution in [-0.2, 0) is 4.43 Å². The maximum Gasteiger partial charge on any atom is 0.192 e. The first-order valence-electron chi connectivity index (χ1n) is 9.38. The minimum absolute atomic E-state index is 0.0454. The smallest absolute Gasteiger partial charge is 0.192 e. The highest BCUT2D eigenvalue weighted by atomic mass is 28.4. The van der Waals surface area contributed by atoms with Gasteiger partial charge >= 0.3 is 0 Å². The molecule has 0 radical (unpaired) electrons. The van der Waals surface area contributed by atoms with Crippen molar-refractivity contribution in [2.75, 3.05) is 0 Å². The lowest BCUT2D eigenvalue weighted by atomic mass is 9.85. The first-order chi connectivity index (χ1) is 11.0. The zero-order valence-corrected chi connectivity index (χ0v) is 20.3. The van der Waals surface area contributed by atoms with Gasteiger partial charge in [0.05, 0.1) is 12.2 Å². The summed E-state index contributed by atoms with van der Waals surface area (Å²) >= 11 is 0.